The van der Waals surface area contributed by atoms with Crippen LogP contribution in [0.5, 0.6) is 0 Å². The molecule has 1 fully saturated rings. The van der Waals surface area contributed by atoms with Crippen LogP contribution < -0.4 is 5.32 Å². The van der Waals surface area contributed by atoms with Gasteiger partial charge in [0.25, 0.3) is 0 Å². The van der Waals surface area contributed by atoms with Crippen molar-refractivity contribution in [1.29, 1.82) is 0 Å². The summed E-state index contributed by atoms with van der Waals surface area (Å²) < 4.78 is 28.5. The molecule has 3 rings (SSSR count). The Balaban J connectivity index is 1.83. The van der Waals surface area contributed by atoms with Gasteiger partial charge in [0.05, 0.1) is 10.9 Å². The molecule has 2 aromatic carbocycles. The number of rotatable bonds is 12. The first kappa shape index (κ1) is 28.7. The van der Waals surface area contributed by atoms with Gasteiger partial charge < -0.3 is 5.32 Å². The van der Waals surface area contributed by atoms with Crippen molar-refractivity contribution in [3.05, 3.63) is 109 Å². The molecule has 0 bridgehead atoms. The normalized spacial score (nSPS) is 18.4. The maximum atomic E-state index is 13.6. The fourth-order valence-corrected chi connectivity index (χ4v) is 7.55. The summed E-state index contributed by atoms with van der Waals surface area (Å²) in [4.78, 5) is 13.6. The van der Waals surface area contributed by atoms with E-state index < -0.39 is 15.4 Å². The molecule has 1 saturated heterocycles. The van der Waals surface area contributed by atoms with Crippen LogP contribution in [0, 0.1) is 5.92 Å². The van der Waals surface area contributed by atoms with Crippen molar-refractivity contribution in [3.63, 3.8) is 0 Å². The highest BCUT2D eigenvalue weighted by Crippen LogP contribution is 2.33. The SMILES string of the molecule is C=C/C=C\C(=C/C=C)c1ccc(S(=O)(=O)N2CCSC2C(=O)NC(c2ccccc2)C(C)CCC)cc1. The van der Waals surface area contributed by atoms with Crippen molar-refractivity contribution >= 4 is 33.3 Å². The van der Waals surface area contributed by atoms with Gasteiger partial charge in [-0.1, -0.05) is 106 Å². The number of carbonyl (C=O) groups excluding carboxylic acids is 1. The number of sulfonamides is 1. The molecule has 1 amide bonds. The number of nitrogens with one attached hydrogen (secondary N) is 1. The Hall–Kier alpha value is -2.87. The van der Waals surface area contributed by atoms with E-state index >= 15 is 0 Å². The summed E-state index contributed by atoms with van der Waals surface area (Å²) in [7, 11) is -3.86. The zero-order valence-electron chi connectivity index (χ0n) is 21.5. The van der Waals surface area contributed by atoms with Crippen molar-refractivity contribution in [3.8, 4) is 0 Å². The quantitative estimate of drug-likeness (QED) is 0.321. The number of benzene rings is 2. The van der Waals surface area contributed by atoms with Crippen molar-refractivity contribution in [2.75, 3.05) is 12.3 Å². The molecule has 0 saturated carbocycles. The highest BCUT2D eigenvalue weighted by molar-refractivity contribution is 8.02. The Morgan fingerprint density at radius 1 is 1.14 bits per heavy atom. The van der Waals surface area contributed by atoms with E-state index in [1.165, 1.54) is 16.1 Å². The molecule has 5 nitrogen and oxygen atoms in total. The molecule has 7 heteroatoms. The highest BCUT2D eigenvalue weighted by atomic mass is 32.2. The van der Waals surface area contributed by atoms with Crippen LogP contribution in [-0.4, -0.2) is 36.3 Å². The van der Waals surface area contributed by atoms with Gasteiger partial charge in [-0.05, 0) is 41.2 Å². The molecule has 3 unspecified atom stereocenters. The second-order valence-electron chi connectivity index (χ2n) is 8.98. The Kier molecular flexibility index (Phi) is 10.6. The van der Waals surface area contributed by atoms with Gasteiger partial charge in [0.2, 0.25) is 15.9 Å². The van der Waals surface area contributed by atoms with E-state index in [2.05, 4.69) is 32.3 Å². The average Bonchev–Trinajstić information content (AvgIpc) is 3.41. The van der Waals surface area contributed by atoms with Crippen LogP contribution in [0.1, 0.15) is 43.9 Å². The second kappa shape index (κ2) is 13.6. The number of nitrogens with zero attached hydrogens (tertiary/aromatic N) is 1. The van der Waals surface area contributed by atoms with Crippen LogP contribution in [0.3, 0.4) is 0 Å². The standard InChI is InChI=1S/C30H36N2O3S2/c1-5-8-14-24(13-7-3)25-17-19-27(20-18-25)37(34,35)32-21-22-36-30(32)29(33)31-28(23(4)12-6-2)26-15-10-9-11-16-26/h5,7-11,13-20,23,28,30H,1,3,6,12,21-22H2,2,4H3,(H,31,33)/b14-8-,24-13+. The van der Waals surface area contributed by atoms with Crippen LogP contribution in [0.25, 0.3) is 5.57 Å². The Labute approximate surface area is 226 Å². The minimum atomic E-state index is -3.86. The number of thioether (sulfide) groups is 1. The summed E-state index contributed by atoms with van der Waals surface area (Å²) in [6.07, 6.45) is 10.9. The van der Waals surface area contributed by atoms with Crippen molar-refractivity contribution in [1.82, 2.24) is 9.62 Å². The molecule has 196 valence electrons. The lowest BCUT2D eigenvalue weighted by Crippen LogP contribution is -2.46. The zero-order valence-corrected chi connectivity index (χ0v) is 23.2. The minimum absolute atomic E-state index is 0.168. The lowest BCUT2D eigenvalue weighted by molar-refractivity contribution is -0.123. The van der Waals surface area contributed by atoms with Crippen molar-refractivity contribution < 1.29 is 13.2 Å². The van der Waals surface area contributed by atoms with Gasteiger partial charge in [-0.2, -0.15) is 4.31 Å². The number of hydrogen-bond donors (Lipinski definition) is 1. The molecule has 1 aliphatic rings. The summed E-state index contributed by atoms with van der Waals surface area (Å²) in [5.41, 5.74) is 2.78. The molecule has 0 aromatic heterocycles. The smallest absolute Gasteiger partial charge is 0.249 e. The summed E-state index contributed by atoms with van der Waals surface area (Å²) in [6.45, 7) is 12.0. The molecule has 1 aliphatic heterocycles. The van der Waals surface area contributed by atoms with Crippen LogP contribution in [0.4, 0.5) is 0 Å². The fraction of sp³-hybridized carbons (Fsp3) is 0.300. The molecule has 1 N–H and O–H groups in total. The first-order valence-electron chi connectivity index (χ1n) is 12.5. The first-order chi connectivity index (χ1) is 17.8. The summed E-state index contributed by atoms with van der Waals surface area (Å²) >= 11 is 1.36. The highest BCUT2D eigenvalue weighted by Gasteiger charge is 2.41. The molecule has 37 heavy (non-hydrogen) atoms. The van der Waals surface area contributed by atoms with E-state index in [-0.39, 0.29) is 29.3 Å². The number of hydrogen-bond acceptors (Lipinski definition) is 4. The van der Waals surface area contributed by atoms with E-state index in [1.807, 2.05) is 48.6 Å². The second-order valence-corrected chi connectivity index (χ2v) is 12.1. The monoisotopic (exact) mass is 536 g/mol. The molecule has 2 aromatic rings. The van der Waals surface area contributed by atoms with E-state index in [4.69, 9.17) is 0 Å². The summed E-state index contributed by atoms with van der Waals surface area (Å²) in [5, 5.41) is 2.36. The van der Waals surface area contributed by atoms with Gasteiger partial charge in [-0.25, -0.2) is 8.42 Å². The van der Waals surface area contributed by atoms with Crippen LogP contribution >= 0.6 is 11.8 Å². The Morgan fingerprint density at radius 3 is 2.46 bits per heavy atom. The molecule has 3 atom stereocenters. The van der Waals surface area contributed by atoms with Crippen LogP contribution in [0.2, 0.25) is 0 Å². The lowest BCUT2D eigenvalue weighted by Gasteiger charge is -2.29. The number of allylic oxidation sites excluding steroid dienone is 6. The van der Waals surface area contributed by atoms with E-state index in [0.29, 0.717) is 5.75 Å². The van der Waals surface area contributed by atoms with Gasteiger partial charge >= 0.3 is 0 Å². The zero-order chi connectivity index (χ0) is 26.8. The third-order valence-electron chi connectivity index (χ3n) is 6.35. The van der Waals surface area contributed by atoms with E-state index in [9.17, 15) is 13.2 Å². The maximum Gasteiger partial charge on any atom is 0.249 e. The summed E-state index contributed by atoms with van der Waals surface area (Å²) in [5.74, 6) is 0.507. The van der Waals surface area contributed by atoms with Gasteiger partial charge in [-0.3, -0.25) is 4.79 Å². The molecule has 0 radical (unpaired) electrons. The lowest BCUT2D eigenvalue weighted by atomic mass is 9.91. The molecule has 1 heterocycles. The van der Waals surface area contributed by atoms with Crippen LogP contribution in [-0.2, 0) is 14.8 Å². The maximum absolute atomic E-state index is 13.6. The molecule has 0 spiro atoms. The third kappa shape index (κ3) is 7.12. The Bertz CT molecular complexity index is 1240. The molecule has 0 aliphatic carbocycles. The van der Waals surface area contributed by atoms with E-state index in [1.54, 1.807) is 36.4 Å². The number of amides is 1. The predicted octanol–water partition coefficient (Wildman–Crippen LogP) is 6.36. The third-order valence-corrected chi connectivity index (χ3v) is 9.56. The predicted molar refractivity (Wildman–Crippen MR) is 155 cm³/mol. The number of carbonyl (C=O) groups is 1. The van der Waals surface area contributed by atoms with Crippen LogP contribution in [0.15, 0.2) is 103 Å². The average molecular weight is 537 g/mol. The van der Waals surface area contributed by atoms with Gasteiger partial charge in [0.15, 0.2) is 0 Å². The van der Waals surface area contributed by atoms with E-state index in [0.717, 1.165) is 29.5 Å². The fourth-order valence-electron chi connectivity index (χ4n) is 4.47. The summed E-state index contributed by atoms with van der Waals surface area (Å²) in [6, 6.07) is 16.4. The van der Waals surface area contributed by atoms with Crippen molar-refractivity contribution in [2.45, 2.75) is 43.0 Å². The molecular formula is C30H36N2O3S2. The largest absolute Gasteiger partial charge is 0.347 e. The topological polar surface area (TPSA) is 66.5 Å². The minimum Gasteiger partial charge on any atom is -0.347 e. The van der Waals surface area contributed by atoms with Gasteiger partial charge in [0, 0.05) is 12.3 Å². The van der Waals surface area contributed by atoms with Gasteiger partial charge in [-0.15, -0.1) is 11.8 Å². The van der Waals surface area contributed by atoms with Gasteiger partial charge in [0.1, 0.15) is 5.37 Å². The first-order valence-corrected chi connectivity index (χ1v) is 15.0. The Morgan fingerprint density at radius 2 is 1.84 bits per heavy atom. The molecular weight excluding hydrogens is 500 g/mol. The van der Waals surface area contributed by atoms with Crippen molar-refractivity contribution in [2.24, 2.45) is 5.92 Å².